The number of hydrogen-bond donors (Lipinski definition) is 4. The molecule has 0 heterocycles. The summed E-state index contributed by atoms with van der Waals surface area (Å²) in [7, 11) is 1.56. The minimum absolute atomic E-state index is 0.00348. The number of ether oxygens (including phenoxy) is 1. The van der Waals surface area contributed by atoms with Gasteiger partial charge in [-0.15, -0.1) is 0 Å². The van der Waals surface area contributed by atoms with Gasteiger partial charge in [0.05, 0.1) is 18.4 Å². The van der Waals surface area contributed by atoms with E-state index in [0.717, 1.165) is 5.56 Å². The lowest BCUT2D eigenvalue weighted by Crippen LogP contribution is -2.30. The molecule has 0 spiro atoms. The Morgan fingerprint density at radius 2 is 1.74 bits per heavy atom. The van der Waals surface area contributed by atoms with Crippen molar-refractivity contribution in [3.63, 3.8) is 0 Å². The van der Waals surface area contributed by atoms with Gasteiger partial charge in [-0.2, -0.15) is 0 Å². The second-order valence-electron chi connectivity index (χ2n) is 8.43. The predicted molar refractivity (Wildman–Crippen MR) is 122 cm³/mol. The molecule has 0 aliphatic heterocycles. The summed E-state index contributed by atoms with van der Waals surface area (Å²) in [5.74, 6) is -0.260. The molecule has 0 saturated carbocycles. The maximum absolute atomic E-state index is 12.6. The van der Waals surface area contributed by atoms with Gasteiger partial charge in [0.25, 0.3) is 0 Å². The van der Waals surface area contributed by atoms with Crippen LogP contribution in [0.25, 0.3) is 11.1 Å². The minimum atomic E-state index is -0.817. The van der Waals surface area contributed by atoms with Crippen molar-refractivity contribution in [2.24, 2.45) is 0 Å². The molecule has 2 aromatic rings. The lowest BCUT2D eigenvalue weighted by Gasteiger charge is -2.26. The van der Waals surface area contributed by atoms with Crippen molar-refractivity contribution in [2.45, 2.75) is 51.9 Å². The highest BCUT2D eigenvalue weighted by atomic mass is 16.5. The SMILES string of the molecule is COc1cc(C(C)(C)C)c(O)c(NC(=O)NCCCCCC(=O)O)c1-c1ccccc1. The van der Waals surface area contributed by atoms with E-state index in [1.54, 1.807) is 7.11 Å². The summed E-state index contributed by atoms with van der Waals surface area (Å²) in [6, 6.07) is 10.8. The second kappa shape index (κ2) is 10.7. The van der Waals surface area contributed by atoms with Crippen LogP contribution in [0.2, 0.25) is 0 Å². The highest BCUT2D eigenvalue weighted by Gasteiger charge is 2.27. The van der Waals surface area contributed by atoms with Gasteiger partial charge in [0.15, 0.2) is 0 Å². The van der Waals surface area contributed by atoms with E-state index < -0.39 is 12.0 Å². The molecule has 2 rings (SSSR count). The van der Waals surface area contributed by atoms with E-state index in [2.05, 4.69) is 10.6 Å². The molecule has 0 aliphatic carbocycles. The van der Waals surface area contributed by atoms with E-state index in [1.165, 1.54) is 0 Å². The third-order valence-corrected chi connectivity index (χ3v) is 4.95. The first-order chi connectivity index (χ1) is 14.6. The van der Waals surface area contributed by atoms with Gasteiger partial charge in [-0.25, -0.2) is 4.79 Å². The number of nitrogens with one attached hydrogen (secondary N) is 2. The fourth-order valence-electron chi connectivity index (χ4n) is 3.33. The summed E-state index contributed by atoms with van der Waals surface area (Å²) in [5, 5.41) is 25.3. The zero-order chi connectivity index (χ0) is 23.0. The summed E-state index contributed by atoms with van der Waals surface area (Å²) in [5.41, 5.74) is 1.99. The molecule has 0 aromatic heterocycles. The normalized spacial score (nSPS) is 11.1. The molecule has 0 radical (unpaired) electrons. The second-order valence-corrected chi connectivity index (χ2v) is 8.43. The average molecular weight is 429 g/mol. The van der Waals surface area contributed by atoms with Crippen LogP contribution in [0.15, 0.2) is 36.4 Å². The Balaban J connectivity index is 2.29. The number of methoxy groups -OCH3 is 1. The minimum Gasteiger partial charge on any atom is -0.505 e. The van der Waals surface area contributed by atoms with E-state index in [9.17, 15) is 14.7 Å². The monoisotopic (exact) mass is 428 g/mol. The van der Waals surface area contributed by atoms with Gasteiger partial charge >= 0.3 is 12.0 Å². The number of aromatic hydroxyl groups is 1. The van der Waals surface area contributed by atoms with E-state index in [1.807, 2.05) is 57.2 Å². The molecule has 7 heteroatoms. The largest absolute Gasteiger partial charge is 0.505 e. The van der Waals surface area contributed by atoms with Crippen molar-refractivity contribution in [3.05, 3.63) is 42.0 Å². The highest BCUT2D eigenvalue weighted by Crippen LogP contribution is 2.47. The number of carbonyl (C=O) groups is 2. The first kappa shape index (κ1) is 24.1. The summed E-state index contributed by atoms with van der Waals surface area (Å²) in [4.78, 5) is 23.1. The van der Waals surface area contributed by atoms with E-state index in [0.29, 0.717) is 48.4 Å². The van der Waals surface area contributed by atoms with Crippen LogP contribution in [0.4, 0.5) is 10.5 Å². The Morgan fingerprint density at radius 1 is 1.06 bits per heavy atom. The van der Waals surface area contributed by atoms with Crippen molar-refractivity contribution in [3.8, 4) is 22.6 Å². The summed E-state index contributed by atoms with van der Waals surface area (Å²) >= 11 is 0. The number of hydrogen-bond acceptors (Lipinski definition) is 4. The summed E-state index contributed by atoms with van der Waals surface area (Å²) < 4.78 is 5.63. The van der Waals surface area contributed by atoms with E-state index in [-0.39, 0.29) is 17.6 Å². The van der Waals surface area contributed by atoms with Crippen LogP contribution in [-0.2, 0) is 10.2 Å². The molecule has 0 aliphatic rings. The van der Waals surface area contributed by atoms with Crippen LogP contribution in [0, 0.1) is 0 Å². The van der Waals surface area contributed by atoms with Crippen LogP contribution in [-0.4, -0.2) is 35.9 Å². The fraction of sp³-hybridized carbons (Fsp3) is 0.417. The van der Waals surface area contributed by atoms with Gasteiger partial charge in [0.2, 0.25) is 0 Å². The molecule has 0 bridgehead atoms. The van der Waals surface area contributed by atoms with Crippen molar-refractivity contribution in [2.75, 3.05) is 19.0 Å². The van der Waals surface area contributed by atoms with Crippen molar-refractivity contribution < 1.29 is 24.5 Å². The molecule has 0 atom stereocenters. The highest BCUT2D eigenvalue weighted by molar-refractivity contribution is 5.99. The van der Waals surface area contributed by atoms with Crippen molar-refractivity contribution >= 4 is 17.7 Å². The molecular formula is C24H32N2O5. The number of urea groups is 1. The molecule has 2 aromatic carbocycles. The molecule has 168 valence electrons. The van der Waals surface area contributed by atoms with Crippen LogP contribution in [0.3, 0.4) is 0 Å². The van der Waals surface area contributed by atoms with Crippen LogP contribution in [0.1, 0.15) is 52.0 Å². The molecule has 7 nitrogen and oxygen atoms in total. The Bertz CT molecular complexity index is 904. The number of phenols is 1. The van der Waals surface area contributed by atoms with E-state index in [4.69, 9.17) is 9.84 Å². The summed E-state index contributed by atoms with van der Waals surface area (Å²) in [6.45, 7) is 6.34. The number of anilines is 1. The molecule has 31 heavy (non-hydrogen) atoms. The lowest BCUT2D eigenvalue weighted by atomic mass is 9.84. The van der Waals surface area contributed by atoms with Crippen molar-refractivity contribution in [1.29, 1.82) is 0 Å². The number of amides is 2. The lowest BCUT2D eigenvalue weighted by molar-refractivity contribution is -0.137. The van der Waals surface area contributed by atoms with Crippen LogP contribution >= 0.6 is 0 Å². The number of phenolic OH excluding ortho intramolecular Hbond substituents is 1. The molecule has 2 amide bonds. The Hall–Kier alpha value is -3.22. The molecule has 0 saturated heterocycles. The number of unbranched alkanes of at least 4 members (excludes halogenated alkanes) is 2. The van der Waals surface area contributed by atoms with E-state index >= 15 is 0 Å². The van der Waals surface area contributed by atoms with Gasteiger partial charge < -0.3 is 25.6 Å². The zero-order valence-corrected chi connectivity index (χ0v) is 18.6. The topological polar surface area (TPSA) is 108 Å². The molecule has 0 unspecified atom stereocenters. The van der Waals surface area contributed by atoms with Gasteiger partial charge in [-0.1, -0.05) is 57.5 Å². The van der Waals surface area contributed by atoms with Gasteiger partial charge in [-0.05, 0) is 29.9 Å². The van der Waals surface area contributed by atoms with Crippen LogP contribution < -0.4 is 15.4 Å². The smallest absolute Gasteiger partial charge is 0.319 e. The first-order valence-electron chi connectivity index (χ1n) is 10.4. The number of benzene rings is 2. The van der Waals surface area contributed by atoms with Gasteiger partial charge in [0, 0.05) is 18.5 Å². The summed E-state index contributed by atoms with van der Waals surface area (Å²) in [6.07, 6.45) is 2.08. The number of aliphatic carboxylic acids is 1. The van der Waals surface area contributed by atoms with Gasteiger partial charge in [-0.3, -0.25) is 4.79 Å². The third-order valence-electron chi connectivity index (χ3n) is 4.95. The average Bonchev–Trinajstić information content (AvgIpc) is 2.71. The maximum Gasteiger partial charge on any atom is 0.319 e. The molecular weight excluding hydrogens is 396 g/mol. The fourth-order valence-corrected chi connectivity index (χ4v) is 3.33. The zero-order valence-electron chi connectivity index (χ0n) is 18.6. The number of carboxylic acid groups (broad SMARTS) is 1. The predicted octanol–water partition coefficient (Wildman–Crippen LogP) is 5.13. The Labute approximate surface area is 183 Å². The maximum atomic E-state index is 12.6. The van der Waals surface area contributed by atoms with Crippen LogP contribution in [0.5, 0.6) is 11.5 Å². The van der Waals surface area contributed by atoms with Gasteiger partial charge in [0.1, 0.15) is 11.5 Å². The third kappa shape index (κ3) is 6.64. The molecule has 4 N–H and O–H groups in total. The number of rotatable bonds is 9. The Morgan fingerprint density at radius 3 is 2.32 bits per heavy atom. The number of carbonyl (C=O) groups excluding carboxylic acids is 1. The standard InChI is InChI=1S/C24H32N2O5/c1-24(2,3)17-15-18(31-4)20(16-11-7-5-8-12-16)21(22(17)29)26-23(30)25-14-10-6-9-13-19(27)28/h5,7-8,11-12,15,29H,6,9-10,13-14H2,1-4H3,(H,27,28)(H2,25,26,30). The first-order valence-corrected chi connectivity index (χ1v) is 10.4. The quantitative estimate of drug-likeness (QED) is 0.327. The Kier molecular flexibility index (Phi) is 8.30. The molecule has 0 fully saturated rings. The van der Waals surface area contributed by atoms with Crippen molar-refractivity contribution in [1.82, 2.24) is 5.32 Å². The number of carboxylic acids is 1.